The van der Waals surface area contributed by atoms with Crippen molar-refractivity contribution in [2.45, 2.75) is 91.9 Å². The summed E-state index contributed by atoms with van der Waals surface area (Å²) in [7, 11) is 0. The Hall–Kier alpha value is 0.150. The van der Waals surface area contributed by atoms with Gasteiger partial charge in [0.25, 0.3) is 0 Å². The van der Waals surface area contributed by atoms with Gasteiger partial charge in [0, 0.05) is 5.92 Å². The van der Waals surface area contributed by atoms with Gasteiger partial charge in [-0.3, -0.25) is 4.79 Å². The first-order valence-electron chi connectivity index (χ1n) is 11.7. The van der Waals surface area contributed by atoms with Crippen molar-refractivity contribution in [2.75, 3.05) is 5.33 Å². The molecule has 8 atom stereocenters. The average Bonchev–Trinajstić information content (AvgIpc) is 3.05. The molecule has 4 aliphatic rings. The minimum Gasteiger partial charge on any atom is -0.298 e. The molecule has 1 nitrogen and oxygen atoms in total. The van der Waals surface area contributed by atoms with Gasteiger partial charge in [0.05, 0.1) is 5.33 Å². The number of rotatable bonds is 3. The van der Waals surface area contributed by atoms with Crippen LogP contribution in [0.25, 0.3) is 0 Å². The Bertz CT molecular complexity index is 489. The molecule has 4 aliphatic carbocycles. The first-order chi connectivity index (χ1) is 12.6. The van der Waals surface area contributed by atoms with Gasteiger partial charge in [-0.15, -0.1) is 0 Å². The number of alkyl halides is 1. The molecule has 0 radical (unpaired) electrons. The zero-order valence-electron chi connectivity index (χ0n) is 17.6. The Morgan fingerprint density at radius 3 is 2.38 bits per heavy atom. The van der Waals surface area contributed by atoms with Gasteiger partial charge in [0.15, 0.2) is 0 Å². The number of halogens is 1. The molecule has 0 saturated heterocycles. The van der Waals surface area contributed by atoms with Crippen LogP contribution in [0.4, 0.5) is 0 Å². The standard InChI is InChI=1S/C22H35BrO.C2H6/c1-3-14-4-6-16-15(12-14)5-7-18-17(16)10-11-22(2)19(18)8-9-20(22)21(24)13-23;1-2/h14-20H,3-13H2,1-2H3;1-2H3. The molecule has 2 heteroatoms. The molecule has 8 unspecified atom stereocenters. The summed E-state index contributed by atoms with van der Waals surface area (Å²) >= 11 is 3.44. The van der Waals surface area contributed by atoms with Crippen molar-refractivity contribution in [3.05, 3.63) is 0 Å². The molecule has 0 spiro atoms. The van der Waals surface area contributed by atoms with E-state index in [0.717, 1.165) is 35.5 Å². The highest BCUT2D eigenvalue weighted by molar-refractivity contribution is 9.09. The van der Waals surface area contributed by atoms with E-state index in [4.69, 9.17) is 0 Å². The van der Waals surface area contributed by atoms with Crippen LogP contribution in [0, 0.1) is 46.8 Å². The molecule has 0 aliphatic heterocycles. The number of carbonyl (C=O) groups excluding carboxylic acids is 1. The summed E-state index contributed by atoms with van der Waals surface area (Å²) in [6.45, 7) is 8.87. The lowest BCUT2D eigenvalue weighted by Gasteiger charge is -2.56. The van der Waals surface area contributed by atoms with Gasteiger partial charge in [-0.25, -0.2) is 0 Å². The summed E-state index contributed by atoms with van der Waals surface area (Å²) < 4.78 is 0. The predicted molar refractivity (Wildman–Crippen MR) is 115 cm³/mol. The quantitative estimate of drug-likeness (QED) is 0.435. The molecule has 0 N–H and O–H groups in total. The maximum absolute atomic E-state index is 12.5. The molecule has 0 amide bonds. The van der Waals surface area contributed by atoms with Gasteiger partial charge in [0.2, 0.25) is 0 Å². The lowest BCUT2D eigenvalue weighted by Crippen LogP contribution is -2.49. The van der Waals surface area contributed by atoms with Gasteiger partial charge in [-0.1, -0.05) is 56.5 Å². The molecule has 0 heterocycles. The summed E-state index contributed by atoms with van der Waals surface area (Å²) in [4.78, 5) is 12.5. The van der Waals surface area contributed by atoms with Crippen LogP contribution in [0.15, 0.2) is 0 Å². The van der Waals surface area contributed by atoms with Crippen molar-refractivity contribution in [3.8, 4) is 0 Å². The van der Waals surface area contributed by atoms with Gasteiger partial charge >= 0.3 is 0 Å². The number of fused-ring (bicyclic) bond motifs is 5. The highest BCUT2D eigenvalue weighted by Crippen LogP contribution is 2.64. The molecular formula is C24H41BrO. The first-order valence-corrected chi connectivity index (χ1v) is 12.8. The zero-order chi connectivity index (χ0) is 18.9. The van der Waals surface area contributed by atoms with Crippen molar-refractivity contribution in [1.82, 2.24) is 0 Å². The van der Waals surface area contributed by atoms with Crippen LogP contribution in [0.5, 0.6) is 0 Å². The summed E-state index contributed by atoms with van der Waals surface area (Å²) in [6.07, 6.45) is 14.1. The maximum Gasteiger partial charge on any atom is 0.147 e. The second-order valence-corrected chi connectivity index (χ2v) is 10.4. The minimum atomic E-state index is 0.319. The Morgan fingerprint density at radius 2 is 1.69 bits per heavy atom. The van der Waals surface area contributed by atoms with Gasteiger partial charge in [0.1, 0.15) is 5.78 Å². The van der Waals surface area contributed by atoms with Gasteiger partial charge < -0.3 is 0 Å². The second kappa shape index (κ2) is 8.66. The van der Waals surface area contributed by atoms with Crippen LogP contribution < -0.4 is 0 Å². The van der Waals surface area contributed by atoms with Crippen LogP contribution in [0.1, 0.15) is 91.9 Å². The maximum atomic E-state index is 12.5. The van der Waals surface area contributed by atoms with Gasteiger partial charge in [-0.2, -0.15) is 0 Å². The minimum absolute atomic E-state index is 0.319. The number of ketones is 1. The smallest absolute Gasteiger partial charge is 0.147 e. The molecule has 0 aromatic heterocycles. The van der Waals surface area contributed by atoms with Crippen molar-refractivity contribution in [3.63, 3.8) is 0 Å². The Balaban J connectivity index is 0.000000948. The molecule has 150 valence electrons. The van der Waals surface area contributed by atoms with E-state index in [1.807, 2.05) is 13.8 Å². The molecule has 26 heavy (non-hydrogen) atoms. The van der Waals surface area contributed by atoms with E-state index in [0.29, 0.717) is 22.4 Å². The average molecular weight is 425 g/mol. The molecule has 4 fully saturated rings. The van der Waals surface area contributed by atoms with E-state index in [2.05, 4.69) is 29.8 Å². The summed E-state index contributed by atoms with van der Waals surface area (Å²) in [6, 6.07) is 0. The number of hydrogen-bond acceptors (Lipinski definition) is 1. The zero-order valence-corrected chi connectivity index (χ0v) is 19.2. The predicted octanol–water partition coefficient (Wildman–Crippen LogP) is 7.27. The Morgan fingerprint density at radius 1 is 0.962 bits per heavy atom. The third-order valence-electron chi connectivity index (χ3n) is 9.16. The fourth-order valence-electron chi connectivity index (χ4n) is 7.94. The molecular weight excluding hydrogens is 384 g/mol. The van der Waals surface area contributed by atoms with E-state index in [9.17, 15) is 4.79 Å². The first kappa shape index (κ1) is 20.9. The van der Waals surface area contributed by atoms with E-state index in [-0.39, 0.29) is 0 Å². The lowest BCUT2D eigenvalue weighted by atomic mass is 9.49. The highest BCUT2D eigenvalue weighted by atomic mass is 79.9. The molecule has 4 rings (SSSR count). The van der Waals surface area contributed by atoms with E-state index in [1.165, 1.54) is 64.2 Å². The molecule has 0 aromatic rings. The third kappa shape index (κ3) is 3.46. The van der Waals surface area contributed by atoms with Gasteiger partial charge in [-0.05, 0) is 92.3 Å². The van der Waals surface area contributed by atoms with E-state index in [1.54, 1.807) is 0 Å². The number of hydrogen-bond donors (Lipinski definition) is 0. The normalized spacial score (nSPS) is 47.0. The van der Waals surface area contributed by atoms with Crippen molar-refractivity contribution >= 4 is 21.7 Å². The number of carbonyl (C=O) groups is 1. The summed E-state index contributed by atoms with van der Waals surface area (Å²) in [5.74, 6) is 6.69. The van der Waals surface area contributed by atoms with E-state index < -0.39 is 0 Å². The molecule has 4 saturated carbocycles. The molecule has 0 bridgehead atoms. The van der Waals surface area contributed by atoms with Crippen molar-refractivity contribution < 1.29 is 4.79 Å². The number of Topliss-reactive ketones (excluding diaryl/α,β-unsaturated/α-hetero) is 1. The largest absolute Gasteiger partial charge is 0.298 e. The van der Waals surface area contributed by atoms with Crippen LogP contribution in [-0.4, -0.2) is 11.1 Å². The van der Waals surface area contributed by atoms with Crippen LogP contribution in [-0.2, 0) is 4.79 Å². The Kier molecular flexibility index (Phi) is 6.95. The van der Waals surface area contributed by atoms with Crippen molar-refractivity contribution in [1.29, 1.82) is 0 Å². The van der Waals surface area contributed by atoms with Crippen molar-refractivity contribution in [2.24, 2.45) is 46.8 Å². The fraction of sp³-hybridized carbons (Fsp3) is 0.958. The van der Waals surface area contributed by atoms with Crippen LogP contribution in [0.2, 0.25) is 0 Å². The fourth-order valence-corrected chi connectivity index (χ4v) is 8.33. The molecule has 0 aromatic carbocycles. The topological polar surface area (TPSA) is 17.1 Å². The SMILES string of the molecule is CC.CCC1CCC2C(CCC3C2CCC2(C)C(C(=O)CBr)CCC32)C1. The summed E-state index contributed by atoms with van der Waals surface area (Å²) in [5.41, 5.74) is 0.319. The summed E-state index contributed by atoms with van der Waals surface area (Å²) in [5, 5.41) is 0.567. The monoisotopic (exact) mass is 424 g/mol. The Labute approximate surface area is 170 Å². The lowest BCUT2D eigenvalue weighted by molar-refractivity contribution is -0.127. The van der Waals surface area contributed by atoms with Crippen LogP contribution >= 0.6 is 15.9 Å². The van der Waals surface area contributed by atoms with Crippen LogP contribution in [0.3, 0.4) is 0 Å². The second-order valence-electron chi connectivity index (χ2n) is 9.80. The third-order valence-corrected chi connectivity index (χ3v) is 9.71. The highest BCUT2D eigenvalue weighted by Gasteiger charge is 2.58. The van der Waals surface area contributed by atoms with E-state index >= 15 is 0 Å².